The van der Waals surface area contributed by atoms with Crippen LogP contribution in [0.2, 0.25) is 0 Å². The summed E-state index contributed by atoms with van der Waals surface area (Å²) >= 11 is 4.91. The van der Waals surface area contributed by atoms with Crippen molar-refractivity contribution in [3.8, 4) is 0 Å². The van der Waals surface area contributed by atoms with Gasteiger partial charge in [-0.25, -0.2) is 4.39 Å². The van der Waals surface area contributed by atoms with Gasteiger partial charge in [-0.2, -0.15) is 0 Å². The van der Waals surface area contributed by atoms with Crippen LogP contribution >= 0.6 is 12.2 Å². The standard InChI is InChI=1S/C13H19FN2S/c1-13(2,3)8-16(4)10-7-5-6-9(14)11(10)12(15)17/h5-7H,8H2,1-4H3,(H2,15,17). The predicted molar refractivity (Wildman–Crippen MR) is 75.0 cm³/mol. The largest absolute Gasteiger partial charge is 0.389 e. The van der Waals surface area contributed by atoms with E-state index < -0.39 is 0 Å². The minimum absolute atomic E-state index is 0.0962. The molecule has 0 atom stereocenters. The minimum Gasteiger partial charge on any atom is -0.389 e. The van der Waals surface area contributed by atoms with Gasteiger partial charge in [-0.15, -0.1) is 0 Å². The fourth-order valence-corrected chi connectivity index (χ4v) is 2.07. The highest BCUT2D eigenvalue weighted by Gasteiger charge is 2.18. The normalized spacial score (nSPS) is 11.4. The summed E-state index contributed by atoms with van der Waals surface area (Å²) in [6.45, 7) is 7.18. The first-order valence-corrected chi connectivity index (χ1v) is 5.92. The van der Waals surface area contributed by atoms with E-state index in [0.29, 0.717) is 5.56 Å². The molecule has 0 unspecified atom stereocenters. The number of hydrogen-bond donors (Lipinski definition) is 1. The molecule has 0 bridgehead atoms. The highest BCUT2D eigenvalue weighted by atomic mass is 32.1. The third kappa shape index (κ3) is 3.66. The zero-order valence-corrected chi connectivity index (χ0v) is 11.6. The molecular formula is C13H19FN2S. The van der Waals surface area contributed by atoms with E-state index in [-0.39, 0.29) is 16.2 Å². The lowest BCUT2D eigenvalue weighted by atomic mass is 9.95. The van der Waals surface area contributed by atoms with E-state index in [2.05, 4.69) is 20.8 Å². The Labute approximate surface area is 108 Å². The second kappa shape index (κ2) is 5.00. The zero-order chi connectivity index (χ0) is 13.2. The molecule has 4 heteroatoms. The Balaban J connectivity index is 3.13. The smallest absolute Gasteiger partial charge is 0.135 e. The molecule has 2 nitrogen and oxygen atoms in total. The maximum atomic E-state index is 13.7. The first kappa shape index (κ1) is 13.9. The monoisotopic (exact) mass is 254 g/mol. The molecule has 1 aromatic rings. The van der Waals surface area contributed by atoms with Gasteiger partial charge in [0.2, 0.25) is 0 Å². The van der Waals surface area contributed by atoms with Gasteiger partial charge >= 0.3 is 0 Å². The molecule has 0 aliphatic rings. The van der Waals surface area contributed by atoms with Crippen LogP contribution in [0, 0.1) is 11.2 Å². The van der Waals surface area contributed by atoms with E-state index in [4.69, 9.17) is 18.0 Å². The second-order valence-corrected chi connectivity index (χ2v) is 5.85. The van der Waals surface area contributed by atoms with Gasteiger partial charge in [-0.05, 0) is 17.5 Å². The summed E-state index contributed by atoms with van der Waals surface area (Å²) in [5, 5.41) is 0. The zero-order valence-electron chi connectivity index (χ0n) is 10.7. The summed E-state index contributed by atoms with van der Waals surface area (Å²) in [6, 6.07) is 4.89. The van der Waals surface area contributed by atoms with Crippen LogP contribution in [0.15, 0.2) is 18.2 Å². The van der Waals surface area contributed by atoms with Crippen molar-refractivity contribution in [1.29, 1.82) is 0 Å². The van der Waals surface area contributed by atoms with Crippen LogP contribution in [-0.2, 0) is 0 Å². The fraction of sp³-hybridized carbons (Fsp3) is 0.462. The van der Waals surface area contributed by atoms with E-state index in [1.165, 1.54) is 6.07 Å². The summed E-state index contributed by atoms with van der Waals surface area (Å²) < 4.78 is 13.7. The lowest BCUT2D eigenvalue weighted by molar-refractivity contribution is 0.418. The Hall–Kier alpha value is -1.16. The number of benzene rings is 1. The van der Waals surface area contributed by atoms with Gasteiger partial charge < -0.3 is 10.6 Å². The molecule has 94 valence electrons. The molecular weight excluding hydrogens is 235 g/mol. The van der Waals surface area contributed by atoms with Crippen LogP contribution in [-0.4, -0.2) is 18.6 Å². The number of thiocarbonyl (C=S) groups is 1. The quantitative estimate of drug-likeness (QED) is 0.841. The number of nitrogens with two attached hydrogens (primary N) is 1. The van der Waals surface area contributed by atoms with Crippen molar-refractivity contribution in [3.05, 3.63) is 29.6 Å². The molecule has 1 rings (SSSR count). The SMILES string of the molecule is CN(CC(C)(C)C)c1cccc(F)c1C(N)=S. The number of rotatable bonds is 3. The van der Waals surface area contributed by atoms with Crippen LogP contribution in [0.25, 0.3) is 0 Å². The molecule has 0 saturated carbocycles. The Kier molecular flexibility index (Phi) is 4.09. The van der Waals surface area contributed by atoms with Crippen molar-refractivity contribution in [2.75, 3.05) is 18.5 Å². The molecule has 0 amide bonds. The third-order valence-corrected chi connectivity index (χ3v) is 2.56. The molecule has 2 N–H and O–H groups in total. The number of anilines is 1. The van der Waals surface area contributed by atoms with Gasteiger partial charge in [0.15, 0.2) is 0 Å². The first-order chi connectivity index (χ1) is 7.72. The molecule has 1 aromatic carbocycles. The summed E-state index contributed by atoms with van der Waals surface area (Å²) in [7, 11) is 1.92. The highest BCUT2D eigenvalue weighted by Crippen LogP contribution is 2.25. The molecule has 17 heavy (non-hydrogen) atoms. The van der Waals surface area contributed by atoms with E-state index in [0.717, 1.165) is 12.2 Å². The molecule has 0 aliphatic carbocycles. The van der Waals surface area contributed by atoms with Gasteiger partial charge in [0, 0.05) is 19.3 Å². The van der Waals surface area contributed by atoms with Crippen molar-refractivity contribution < 1.29 is 4.39 Å². The summed E-state index contributed by atoms with van der Waals surface area (Å²) in [4.78, 5) is 2.08. The average Bonchev–Trinajstić information content (AvgIpc) is 2.13. The topological polar surface area (TPSA) is 29.3 Å². The fourth-order valence-electron chi connectivity index (χ4n) is 1.87. The molecule has 0 aliphatic heterocycles. The van der Waals surface area contributed by atoms with Crippen molar-refractivity contribution in [2.24, 2.45) is 11.1 Å². The van der Waals surface area contributed by atoms with Crippen LogP contribution in [0.5, 0.6) is 0 Å². The number of hydrogen-bond acceptors (Lipinski definition) is 2. The number of nitrogens with zero attached hydrogens (tertiary/aromatic N) is 1. The van der Waals surface area contributed by atoms with E-state index >= 15 is 0 Å². The summed E-state index contributed by atoms with van der Waals surface area (Å²) in [6.07, 6.45) is 0. The third-order valence-electron chi connectivity index (χ3n) is 2.36. The van der Waals surface area contributed by atoms with Gasteiger partial charge in [0.05, 0.1) is 5.56 Å². The van der Waals surface area contributed by atoms with Crippen molar-refractivity contribution >= 4 is 22.9 Å². The van der Waals surface area contributed by atoms with Gasteiger partial charge in [-0.3, -0.25) is 0 Å². The average molecular weight is 254 g/mol. The molecule has 0 fully saturated rings. The molecule has 0 aromatic heterocycles. The van der Waals surface area contributed by atoms with E-state index in [1.807, 2.05) is 18.0 Å². The molecule has 0 radical (unpaired) electrons. The second-order valence-electron chi connectivity index (χ2n) is 5.41. The summed E-state index contributed by atoms with van der Waals surface area (Å²) in [5.41, 5.74) is 6.77. The van der Waals surface area contributed by atoms with Gasteiger partial charge in [-0.1, -0.05) is 39.1 Å². The van der Waals surface area contributed by atoms with Crippen molar-refractivity contribution in [3.63, 3.8) is 0 Å². The highest BCUT2D eigenvalue weighted by molar-refractivity contribution is 7.80. The van der Waals surface area contributed by atoms with Crippen LogP contribution in [0.1, 0.15) is 26.3 Å². The minimum atomic E-state index is -0.365. The van der Waals surface area contributed by atoms with Crippen LogP contribution in [0.3, 0.4) is 0 Å². The number of halogens is 1. The Bertz CT molecular complexity index is 424. The van der Waals surface area contributed by atoms with Gasteiger partial charge in [0.25, 0.3) is 0 Å². The molecule has 0 heterocycles. The van der Waals surface area contributed by atoms with Crippen LogP contribution in [0.4, 0.5) is 10.1 Å². The Morgan fingerprint density at radius 3 is 2.47 bits per heavy atom. The van der Waals surface area contributed by atoms with Crippen molar-refractivity contribution in [1.82, 2.24) is 0 Å². The Morgan fingerprint density at radius 2 is 2.00 bits per heavy atom. The van der Waals surface area contributed by atoms with Crippen molar-refractivity contribution in [2.45, 2.75) is 20.8 Å². The van der Waals surface area contributed by atoms with Gasteiger partial charge in [0.1, 0.15) is 10.8 Å². The maximum Gasteiger partial charge on any atom is 0.135 e. The van der Waals surface area contributed by atoms with E-state index in [1.54, 1.807) is 6.07 Å². The Morgan fingerprint density at radius 1 is 1.41 bits per heavy atom. The molecule has 0 spiro atoms. The maximum absolute atomic E-state index is 13.7. The lowest BCUT2D eigenvalue weighted by Crippen LogP contribution is -2.31. The first-order valence-electron chi connectivity index (χ1n) is 5.52. The summed E-state index contributed by atoms with van der Waals surface area (Å²) in [5.74, 6) is -0.365. The molecule has 0 saturated heterocycles. The predicted octanol–water partition coefficient (Wildman–Crippen LogP) is 2.94. The lowest BCUT2D eigenvalue weighted by Gasteiger charge is -2.29. The van der Waals surface area contributed by atoms with E-state index in [9.17, 15) is 4.39 Å². The van der Waals surface area contributed by atoms with Crippen LogP contribution < -0.4 is 10.6 Å².